The van der Waals surface area contributed by atoms with Gasteiger partial charge in [0.1, 0.15) is 24.0 Å². The van der Waals surface area contributed by atoms with Crippen molar-refractivity contribution in [2.24, 2.45) is 0 Å². The molecule has 3 heterocycles. The number of nitrogens with zero attached hydrogens (tertiary/aromatic N) is 4. The van der Waals surface area contributed by atoms with Crippen molar-refractivity contribution in [1.29, 1.82) is 0 Å². The molecule has 31 heavy (non-hydrogen) atoms. The van der Waals surface area contributed by atoms with Gasteiger partial charge in [-0.2, -0.15) is 0 Å². The van der Waals surface area contributed by atoms with E-state index in [1.54, 1.807) is 6.20 Å². The molecule has 1 N–H and O–H groups in total. The minimum absolute atomic E-state index is 0.0698. The summed E-state index contributed by atoms with van der Waals surface area (Å²) in [6.07, 6.45) is 4.01. The normalized spacial score (nSPS) is 19.2. The molecule has 6 nitrogen and oxygen atoms in total. The Labute approximate surface area is 184 Å². The summed E-state index contributed by atoms with van der Waals surface area (Å²) >= 11 is 0. The Kier molecular flexibility index (Phi) is 6.47. The summed E-state index contributed by atoms with van der Waals surface area (Å²) in [6, 6.07) is 16.2. The smallest absolute Gasteiger partial charge is 0.138 e. The van der Waals surface area contributed by atoms with Gasteiger partial charge >= 0.3 is 0 Å². The highest BCUT2D eigenvalue weighted by molar-refractivity contribution is 5.36. The van der Waals surface area contributed by atoms with E-state index in [4.69, 9.17) is 14.7 Å². The molecular weight excluding hydrogens is 386 g/mol. The fraction of sp³-hybridized carbons (Fsp3) is 0.400. The molecule has 0 amide bonds. The number of rotatable bonds is 7. The molecule has 162 valence electrons. The minimum Gasteiger partial charge on any atom is -0.487 e. The first-order valence-electron chi connectivity index (χ1n) is 10.9. The second-order valence-electron chi connectivity index (χ2n) is 8.56. The number of hydrogen-bond donors (Lipinski definition) is 1. The zero-order valence-corrected chi connectivity index (χ0v) is 18.6. The van der Waals surface area contributed by atoms with Crippen LogP contribution in [0.4, 0.5) is 5.82 Å². The Hall–Kier alpha value is -2.99. The summed E-state index contributed by atoms with van der Waals surface area (Å²) in [5.74, 6) is 2.74. The molecule has 4 rings (SSSR count). The molecule has 1 fully saturated rings. The molecule has 0 aliphatic carbocycles. The Morgan fingerprint density at radius 2 is 1.97 bits per heavy atom. The molecule has 6 heteroatoms. The second-order valence-corrected chi connectivity index (χ2v) is 8.56. The number of anilines is 1. The lowest BCUT2D eigenvalue weighted by Gasteiger charge is -2.39. The first-order valence-corrected chi connectivity index (χ1v) is 10.9. The van der Waals surface area contributed by atoms with Crippen LogP contribution in [0, 0.1) is 6.92 Å². The zero-order valence-electron chi connectivity index (χ0n) is 18.6. The summed E-state index contributed by atoms with van der Waals surface area (Å²) in [5, 5.41) is 3.16. The van der Waals surface area contributed by atoms with Gasteiger partial charge in [-0.1, -0.05) is 31.2 Å². The highest BCUT2D eigenvalue weighted by Crippen LogP contribution is 2.34. The van der Waals surface area contributed by atoms with E-state index in [1.807, 2.05) is 50.4 Å². The Morgan fingerprint density at radius 1 is 1.13 bits per heavy atom. The van der Waals surface area contributed by atoms with E-state index in [0.717, 1.165) is 61.3 Å². The fourth-order valence-electron chi connectivity index (χ4n) is 4.28. The molecular formula is C25H31N5O. The van der Waals surface area contributed by atoms with Crippen molar-refractivity contribution in [2.75, 3.05) is 25.5 Å². The van der Waals surface area contributed by atoms with Crippen molar-refractivity contribution < 1.29 is 4.74 Å². The van der Waals surface area contributed by atoms with Gasteiger partial charge in [0, 0.05) is 49.1 Å². The van der Waals surface area contributed by atoms with E-state index in [1.165, 1.54) is 5.56 Å². The molecule has 0 radical (unpaired) electrons. The molecule has 0 unspecified atom stereocenters. The first kappa shape index (κ1) is 21.2. The van der Waals surface area contributed by atoms with Gasteiger partial charge in [0.15, 0.2) is 0 Å². The van der Waals surface area contributed by atoms with Gasteiger partial charge < -0.3 is 10.1 Å². The zero-order chi connectivity index (χ0) is 21.7. The Balaban J connectivity index is 1.48. The molecule has 0 spiro atoms. The molecule has 0 saturated carbocycles. The third-order valence-corrected chi connectivity index (χ3v) is 5.89. The average Bonchev–Trinajstić information content (AvgIpc) is 2.79. The summed E-state index contributed by atoms with van der Waals surface area (Å²) in [5.41, 5.74) is 3.06. The van der Waals surface area contributed by atoms with Crippen LogP contribution < -0.4 is 10.1 Å². The van der Waals surface area contributed by atoms with Crippen LogP contribution in [-0.2, 0) is 18.6 Å². The highest BCUT2D eigenvalue weighted by Gasteiger charge is 2.35. The summed E-state index contributed by atoms with van der Waals surface area (Å²) < 4.78 is 6.13. The maximum Gasteiger partial charge on any atom is 0.138 e. The van der Waals surface area contributed by atoms with Crippen LogP contribution in [0.2, 0.25) is 0 Å². The van der Waals surface area contributed by atoms with E-state index in [2.05, 4.69) is 34.3 Å². The largest absolute Gasteiger partial charge is 0.487 e. The molecule has 0 bridgehead atoms. The number of para-hydroxylation sites is 1. The van der Waals surface area contributed by atoms with Gasteiger partial charge in [0.25, 0.3) is 0 Å². The lowest BCUT2D eigenvalue weighted by Crippen LogP contribution is -2.45. The van der Waals surface area contributed by atoms with Crippen molar-refractivity contribution >= 4 is 5.82 Å². The number of aromatic nitrogens is 3. The molecule has 3 aromatic rings. The van der Waals surface area contributed by atoms with Crippen molar-refractivity contribution in [3.8, 4) is 5.75 Å². The third-order valence-electron chi connectivity index (χ3n) is 5.89. The number of benzene rings is 1. The number of hydrogen-bond acceptors (Lipinski definition) is 6. The molecule has 1 aliphatic rings. The first-order chi connectivity index (χ1) is 15.1. The predicted octanol–water partition coefficient (Wildman–Crippen LogP) is 4.35. The van der Waals surface area contributed by atoms with Gasteiger partial charge in [-0.05, 0) is 44.5 Å². The van der Waals surface area contributed by atoms with Crippen LogP contribution in [0.1, 0.15) is 42.5 Å². The average molecular weight is 418 g/mol. The maximum absolute atomic E-state index is 6.13. The van der Waals surface area contributed by atoms with Crippen LogP contribution in [-0.4, -0.2) is 40.0 Å². The minimum atomic E-state index is -0.0698. The van der Waals surface area contributed by atoms with Gasteiger partial charge in [0.05, 0.1) is 5.69 Å². The van der Waals surface area contributed by atoms with Crippen molar-refractivity contribution in [3.63, 3.8) is 0 Å². The van der Waals surface area contributed by atoms with Crippen molar-refractivity contribution in [1.82, 2.24) is 19.9 Å². The number of pyridine rings is 1. The van der Waals surface area contributed by atoms with Crippen LogP contribution in [0.15, 0.2) is 54.7 Å². The van der Waals surface area contributed by atoms with Gasteiger partial charge in [-0.3, -0.25) is 9.88 Å². The lowest BCUT2D eigenvalue weighted by molar-refractivity contribution is 0.142. The summed E-state index contributed by atoms with van der Waals surface area (Å²) in [6.45, 7) is 7.63. The number of nitrogens with one attached hydrogen (secondary N) is 1. The fourth-order valence-corrected chi connectivity index (χ4v) is 4.28. The van der Waals surface area contributed by atoms with E-state index < -0.39 is 0 Å². The molecule has 1 saturated heterocycles. The lowest BCUT2D eigenvalue weighted by atomic mass is 9.80. The number of aryl methyl sites for hydroxylation is 1. The second kappa shape index (κ2) is 9.43. The van der Waals surface area contributed by atoms with Crippen LogP contribution in [0.3, 0.4) is 0 Å². The number of ether oxygens (including phenoxy) is 1. The van der Waals surface area contributed by atoms with E-state index in [9.17, 15) is 0 Å². The van der Waals surface area contributed by atoms with Crippen molar-refractivity contribution in [2.45, 2.75) is 45.3 Å². The maximum atomic E-state index is 6.13. The molecule has 1 atom stereocenters. The van der Waals surface area contributed by atoms with Gasteiger partial charge in [-0.15, -0.1) is 0 Å². The van der Waals surface area contributed by atoms with Gasteiger partial charge in [0.2, 0.25) is 0 Å². The van der Waals surface area contributed by atoms with Crippen LogP contribution in [0.5, 0.6) is 5.75 Å². The predicted molar refractivity (Wildman–Crippen MR) is 123 cm³/mol. The Morgan fingerprint density at radius 3 is 2.77 bits per heavy atom. The summed E-state index contributed by atoms with van der Waals surface area (Å²) in [4.78, 5) is 16.4. The monoisotopic (exact) mass is 417 g/mol. The molecule has 2 aromatic heterocycles. The quantitative estimate of drug-likeness (QED) is 0.616. The highest BCUT2D eigenvalue weighted by atomic mass is 16.5. The van der Waals surface area contributed by atoms with Gasteiger partial charge in [-0.25, -0.2) is 9.97 Å². The number of likely N-dealkylation sites (tertiary alicyclic amines) is 1. The van der Waals surface area contributed by atoms with E-state index >= 15 is 0 Å². The van der Waals surface area contributed by atoms with Crippen LogP contribution in [0.25, 0.3) is 0 Å². The van der Waals surface area contributed by atoms with Crippen LogP contribution >= 0.6 is 0 Å². The van der Waals surface area contributed by atoms with E-state index in [0.29, 0.717) is 6.61 Å². The molecule has 1 aliphatic heterocycles. The van der Waals surface area contributed by atoms with E-state index in [-0.39, 0.29) is 5.41 Å². The Bertz CT molecular complexity index is 1010. The number of piperidine rings is 1. The van der Waals surface area contributed by atoms with Crippen molar-refractivity contribution in [3.05, 3.63) is 77.5 Å². The summed E-state index contributed by atoms with van der Waals surface area (Å²) in [7, 11) is 1.91. The topological polar surface area (TPSA) is 63.2 Å². The standard InChI is InChI=1S/C25H31N5O/c1-19-15-23(26-3)29-24(28-19)25(2)12-8-14-30(18-25)16-20-9-4-5-11-22(20)31-17-21-10-6-7-13-27-21/h4-7,9-11,13,15H,8,12,14,16-18H2,1-3H3,(H,26,28,29)/t25-/m0/s1. The SMILES string of the molecule is CNc1cc(C)nc([C@@]2(C)CCCN(Cc3ccccc3OCc3ccccn3)C2)n1. The third kappa shape index (κ3) is 5.20. The molecule has 1 aromatic carbocycles.